The van der Waals surface area contributed by atoms with Crippen LogP contribution in [0.15, 0.2) is 24.3 Å². The largest absolute Gasteiger partial charge is 0.373 e. The highest BCUT2D eigenvalue weighted by molar-refractivity contribution is 5.99. The van der Waals surface area contributed by atoms with E-state index < -0.39 is 12.1 Å². The SMILES string of the molecule is CC(O)N(N)c1ccccc1C(=O)NN. The summed E-state index contributed by atoms with van der Waals surface area (Å²) in [5.41, 5.74) is 2.73. The van der Waals surface area contributed by atoms with Gasteiger partial charge in [-0.1, -0.05) is 12.1 Å². The highest BCUT2D eigenvalue weighted by Gasteiger charge is 2.15. The fraction of sp³-hybridized carbons (Fsp3) is 0.222. The number of rotatable bonds is 3. The number of para-hydroxylation sites is 1. The average Bonchev–Trinajstić information content (AvgIpc) is 2.27. The smallest absolute Gasteiger partial charge is 0.267 e. The molecule has 6 heteroatoms. The Kier molecular flexibility index (Phi) is 3.62. The van der Waals surface area contributed by atoms with E-state index in [-0.39, 0.29) is 0 Å². The Hall–Kier alpha value is -1.63. The van der Waals surface area contributed by atoms with Crippen LogP contribution in [-0.2, 0) is 0 Å². The zero-order valence-electron chi connectivity index (χ0n) is 8.34. The number of nitrogens with two attached hydrogens (primary N) is 2. The van der Waals surface area contributed by atoms with Crippen molar-refractivity contribution in [2.24, 2.45) is 11.7 Å². The van der Waals surface area contributed by atoms with Gasteiger partial charge in [0.2, 0.25) is 0 Å². The van der Waals surface area contributed by atoms with Gasteiger partial charge in [-0.2, -0.15) is 0 Å². The number of benzene rings is 1. The first-order chi connectivity index (χ1) is 7.07. The Morgan fingerprint density at radius 2 is 2.13 bits per heavy atom. The Morgan fingerprint density at radius 3 is 2.67 bits per heavy atom. The van der Waals surface area contributed by atoms with Gasteiger partial charge in [0, 0.05) is 0 Å². The normalized spacial score (nSPS) is 12.0. The van der Waals surface area contributed by atoms with Crippen molar-refractivity contribution in [1.82, 2.24) is 5.43 Å². The van der Waals surface area contributed by atoms with E-state index in [0.717, 1.165) is 5.01 Å². The lowest BCUT2D eigenvalue weighted by molar-refractivity contribution is 0.0953. The van der Waals surface area contributed by atoms with Gasteiger partial charge in [0.15, 0.2) is 0 Å². The van der Waals surface area contributed by atoms with E-state index in [2.05, 4.69) is 0 Å². The monoisotopic (exact) mass is 210 g/mol. The number of nitrogens with one attached hydrogen (secondary N) is 1. The zero-order chi connectivity index (χ0) is 11.4. The quantitative estimate of drug-likeness (QED) is 0.229. The third-order valence-electron chi connectivity index (χ3n) is 1.96. The van der Waals surface area contributed by atoms with Gasteiger partial charge >= 0.3 is 0 Å². The Labute approximate surface area is 87.4 Å². The second kappa shape index (κ2) is 4.74. The van der Waals surface area contributed by atoms with Crippen LogP contribution >= 0.6 is 0 Å². The van der Waals surface area contributed by atoms with Crippen molar-refractivity contribution in [1.29, 1.82) is 0 Å². The standard InChI is InChI=1S/C9H14N4O2/c1-6(14)13(11)8-5-3-2-4-7(8)9(15)12-10/h2-6,14H,10-11H2,1H3,(H,12,15). The van der Waals surface area contributed by atoms with E-state index in [1.165, 1.54) is 6.92 Å². The Bertz CT molecular complexity index is 354. The molecule has 0 spiro atoms. The molecule has 0 radical (unpaired) electrons. The Morgan fingerprint density at radius 1 is 1.53 bits per heavy atom. The summed E-state index contributed by atoms with van der Waals surface area (Å²) >= 11 is 0. The van der Waals surface area contributed by atoms with Crippen LogP contribution in [-0.4, -0.2) is 17.2 Å². The molecule has 0 heterocycles. The lowest BCUT2D eigenvalue weighted by Crippen LogP contribution is -2.41. The molecule has 1 unspecified atom stereocenters. The van der Waals surface area contributed by atoms with Gasteiger partial charge < -0.3 is 5.11 Å². The molecular formula is C9H14N4O2. The van der Waals surface area contributed by atoms with Gasteiger partial charge in [-0.15, -0.1) is 0 Å². The van der Waals surface area contributed by atoms with Gasteiger partial charge in [0.05, 0.1) is 11.3 Å². The third kappa shape index (κ3) is 2.44. The lowest BCUT2D eigenvalue weighted by Gasteiger charge is -2.23. The molecule has 0 saturated carbocycles. The summed E-state index contributed by atoms with van der Waals surface area (Å²) in [5, 5.41) is 10.4. The van der Waals surface area contributed by atoms with Gasteiger partial charge in [0.1, 0.15) is 6.23 Å². The van der Waals surface area contributed by atoms with Crippen LogP contribution < -0.4 is 22.1 Å². The summed E-state index contributed by atoms with van der Waals surface area (Å²) < 4.78 is 0. The van der Waals surface area contributed by atoms with Crippen LogP contribution in [0.25, 0.3) is 0 Å². The first-order valence-electron chi connectivity index (χ1n) is 4.40. The van der Waals surface area contributed by atoms with E-state index in [4.69, 9.17) is 11.7 Å². The molecular weight excluding hydrogens is 196 g/mol. The molecule has 1 aromatic carbocycles. The molecule has 0 aliphatic heterocycles. The summed E-state index contributed by atoms with van der Waals surface area (Å²) in [7, 11) is 0. The molecule has 0 saturated heterocycles. The molecule has 1 aromatic rings. The number of nitrogens with zero attached hydrogens (tertiary/aromatic N) is 1. The molecule has 82 valence electrons. The predicted octanol–water partition coefficient (Wildman–Crippen LogP) is -0.691. The fourth-order valence-corrected chi connectivity index (χ4v) is 1.17. The van der Waals surface area contributed by atoms with Crippen LogP contribution in [0.4, 0.5) is 5.69 Å². The number of aliphatic hydroxyl groups excluding tert-OH is 1. The first kappa shape index (κ1) is 11.4. The number of hydrazine groups is 2. The fourth-order valence-electron chi connectivity index (χ4n) is 1.17. The summed E-state index contributed by atoms with van der Waals surface area (Å²) in [6.45, 7) is 1.50. The van der Waals surface area contributed by atoms with Gasteiger partial charge in [-0.05, 0) is 19.1 Å². The lowest BCUT2D eigenvalue weighted by atomic mass is 10.1. The van der Waals surface area contributed by atoms with Crippen molar-refractivity contribution in [3.63, 3.8) is 0 Å². The van der Waals surface area contributed by atoms with Gasteiger partial charge in [-0.25, -0.2) is 11.7 Å². The van der Waals surface area contributed by atoms with Crippen LogP contribution in [0.2, 0.25) is 0 Å². The molecule has 1 rings (SSSR count). The molecule has 1 amide bonds. The Balaban J connectivity index is 3.11. The van der Waals surface area contributed by atoms with E-state index in [1.807, 2.05) is 5.43 Å². The summed E-state index contributed by atoms with van der Waals surface area (Å²) in [4.78, 5) is 11.4. The topological polar surface area (TPSA) is 105 Å². The number of carbonyl (C=O) groups is 1. The van der Waals surface area contributed by atoms with E-state index in [0.29, 0.717) is 11.3 Å². The third-order valence-corrected chi connectivity index (χ3v) is 1.96. The number of hydrogen-bond acceptors (Lipinski definition) is 5. The maximum Gasteiger partial charge on any atom is 0.267 e. The van der Waals surface area contributed by atoms with Crippen molar-refractivity contribution in [3.05, 3.63) is 29.8 Å². The minimum atomic E-state index is -0.892. The van der Waals surface area contributed by atoms with Crippen LogP contribution in [0.3, 0.4) is 0 Å². The molecule has 1 atom stereocenters. The highest BCUT2D eigenvalue weighted by Crippen LogP contribution is 2.18. The second-order valence-electron chi connectivity index (χ2n) is 3.03. The number of aliphatic hydroxyl groups is 1. The molecule has 0 fully saturated rings. The second-order valence-corrected chi connectivity index (χ2v) is 3.03. The van der Waals surface area contributed by atoms with E-state index in [9.17, 15) is 9.90 Å². The van der Waals surface area contributed by atoms with Crippen molar-refractivity contribution in [3.8, 4) is 0 Å². The average molecular weight is 210 g/mol. The maximum atomic E-state index is 11.4. The van der Waals surface area contributed by atoms with E-state index in [1.54, 1.807) is 24.3 Å². The maximum absolute atomic E-state index is 11.4. The van der Waals surface area contributed by atoms with Crippen LogP contribution in [0.5, 0.6) is 0 Å². The number of anilines is 1. The molecule has 6 N–H and O–H groups in total. The van der Waals surface area contributed by atoms with E-state index >= 15 is 0 Å². The number of carbonyl (C=O) groups excluding carboxylic acids is 1. The van der Waals surface area contributed by atoms with Crippen molar-refractivity contribution >= 4 is 11.6 Å². The van der Waals surface area contributed by atoms with Crippen molar-refractivity contribution in [2.75, 3.05) is 5.01 Å². The number of amides is 1. The minimum Gasteiger partial charge on any atom is -0.373 e. The van der Waals surface area contributed by atoms with Gasteiger partial charge in [-0.3, -0.25) is 15.2 Å². The summed E-state index contributed by atoms with van der Waals surface area (Å²) in [6.07, 6.45) is -0.892. The molecule has 0 aliphatic carbocycles. The van der Waals surface area contributed by atoms with Crippen LogP contribution in [0.1, 0.15) is 17.3 Å². The number of hydrogen-bond donors (Lipinski definition) is 4. The predicted molar refractivity (Wildman–Crippen MR) is 56.4 cm³/mol. The zero-order valence-corrected chi connectivity index (χ0v) is 8.34. The van der Waals surface area contributed by atoms with Crippen molar-refractivity contribution < 1.29 is 9.90 Å². The van der Waals surface area contributed by atoms with Crippen LogP contribution in [0, 0.1) is 0 Å². The van der Waals surface area contributed by atoms with Gasteiger partial charge in [0.25, 0.3) is 5.91 Å². The minimum absolute atomic E-state index is 0.309. The highest BCUT2D eigenvalue weighted by atomic mass is 16.3. The summed E-state index contributed by atoms with van der Waals surface area (Å²) in [6, 6.07) is 6.59. The summed E-state index contributed by atoms with van der Waals surface area (Å²) in [5.74, 6) is 10.2. The first-order valence-corrected chi connectivity index (χ1v) is 4.40. The molecule has 0 aromatic heterocycles. The molecule has 0 aliphatic rings. The van der Waals surface area contributed by atoms with Crippen molar-refractivity contribution in [2.45, 2.75) is 13.2 Å². The molecule has 0 bridgehead atoms. The molecule has 15 heavy (non-hydrogen) atoms. The number of nitrogen functional groups attached to an aromatic ring is 1. The molecule has 6 nitrogen and oxygen atoms in total.